The van der Waals surface area contributed by atoms with Gasteiger partial charge in [0.25, 0.3) is 10.0 Å². The van der Waals surface area contributed by atoms with E-state index in [4.69, 9.17) is 4.74 Å². The number of carbonyl (C=O) groups is 1. The quantitative estimate of drug-likeness (QED) is 0.279. The average molecular weight is 440 g/mol. The van der Waals surface area contributed by atoms with Gasteiger partial charge in [-0.1, -0.05) is 48.0 Å². The lowest BCUT2D eigenvalue weighted by Crippen LogP contribution is -2.27. The van der Waals surface area contributed by atoms with Crippen molar-refractivity contribution in [2.24, 2.45) is 0 Å². The van der Waals surface area contributed by atoms with Gasteiger partial charge in [0.15, 0.2) is 5.76 Å². The van der Waals surface area contributed by atoms with Crippen molar-refractivity contribution in [2.75, 3.05) is 6.54 Å². The van der Waals surface area contributed by atoms with Crippen molar-refractivity contribution in [3.63, 3.8) is 0 Å². The van der Waals surface area contributed by atoms with E-state index >= 15 is 0 Å². The van der Waals surface area contributed by atoms with Gasteiger partial charge in [-0.15, -0.1) is 17.9 Å². The second-order valence-electron chi connectivity index (χ2n) is 6.40. The summed E-state index contributed by atoms with van der Waals surface area (Å²) in [5.74, 6) is -0.419. The van der Waals surface area contributed by atoms with Crippen LogP contribution in [0.2, 0.25) is 0 Å². The monoisotopic (exact) mass is 439 g/mol. The third kappa shape index (κ3) is 5.06. The van der Waals surface area contributed by atoms with E-state index in [1.54, 1.807) is 66.7 Å². The van der Waals surface area contributed by atoms with Crippen LogP contribution in [0.5, 0.6) is 0 Å². The largest absolute Gasteiger partial charge is 0.420 e. The molecule has 2 aromatic carbocycles. The van der Waals surface area contributed by atoms with Crippen LogP contribution in [0.25, 0.3) is 5.76 Å². The Labute approximate surface area is 180 Å². The molecule has 1 aromatic heterocycles. The van der Waals surface area contributed by atoms with Gasteiger partial charge in [-0.25, -0.2) is 13.2 Å². The molecule has 0 unspecified atom stereocenters. The molecule has 0 radical (unpaired) electrons. The van der Waals surface area contributed by atoms with Crippen molar-refractivity contribution >= 4 is 33.1 Å². The number of aryl methyl sites for hydroxylation is 1. The number of hydrogen-bond donors (Lipinski definition) is 0. The molecule has 3 aromatic rings. The lowest BCUT2D eigenvalue weighted by molar-refractivity contribution is 0.0691. The van der Waals surface area contributed by atoms with Crippen molar-refractivity contribution in [1.82, 2.24) is 4.31 Å². The first-order chi connectivity index (χ1) is 14.4. The number of ether oxygens (including phenoxy) is 1. The average Bonchev–Trinajstić information content (AvgIpc) is 3.28. The van der Waals surface area contributed by atoms with Crippen LogP contribution in [0.3, 0.4) is 0 Å². The molecule has 1 heterocycles. The SMILES string of the molecule is C=CCN(/C=C(\OC(=O)c1ccccc1)c1cccs1)S(=O)(=O)c1ccc(C)cc1. The predicted octanol–water partition coefficient (Wildman–Crippen LogP) is 5.09. The Morgan fingerprint density at radius 3 is 2.37 bits per heavy atom. The van der Waals surface area contributed by atoms with Crippen molar-refractivity contribution in [1.29, 1.82) is 0 Å². The molecule has 5 nitrogen and oxygen atoms in total. The fourth-order valence-corrected chi connectivity index (χ4v) is 4.57. The second-order valence-corrected chi connectivity index (χ2v) is 9.24. The van der Waals surface area contributed by atoms with Crippen molar-refractivity contribution < 1.29 is 17.9 Å². The molecule has 0 N–H and O–H groups in total. The number of sulfonamides is 1. The summed E-state index contributed by atoms with van der Waals surface area (Å²) < 4.78 is 33.1. The molecule has 0 spiro atoms. The van der Waals surface area contributed by atoms with Crippen molar-refractivity contribution in [3.05, 3.63) is 107 Å². The molecule has 0 saturated carbocycles. The molecule has 0 atom stereocenters. The van der Waals surface area contributed by atoms with Gasteiger partial charge < -0.3 is 4.74 Å². The summed E-state index contributed by atoms with van der Waals surface area (Å²) in [5, 5.41) is 1.83. The standard InChI is InChI=1S/C23H21NO4S2/c1-3-15-24(30(26,27)20-13-11-18(2)12-14-20)17-21(22-10-7-16-29-22)28-23(25)19-8-5-4-6-9-19/h3-14,16-17H,1,15H2,2H3/b21-17-. The fourth-order valence-electron chi connectivity index (χ4n) is 2.62. The summed E-state index contributed by atoms with van der Waals surface area (Å²) >= 11 is 1.34. The third-order valence-electron chi connectivity index (χ3n) is 4.17. The second kappa shape index (κ2) is 9.56. The molecule has 0 aliphatic rings. The topological polar surface area (TPSA) is 63.7 Å². The number of esters is 1. The van der Waals surface area contributed by atoms with E-state index in [9.17, 15) is 13.2 Å². The highest BCUT2D eigenvalue weighted by molar-refractivity contribution is 7.89. The summed E-state index contributed by atoms with van der Waals surface area (Å²) in [7, 11) is -3.87. The molecular weight excluding hydrogens is 418 g/mol. The Kier molecular flexibility index (Phi) is 6.87. The maximum absolute atomic E-state index is 13.2. The first kappa shape index (κ1) is 21.5. The first-order valence-electron chi connectivity index (χ1n) is 9.14. The van der Waals surface area contributed by atoms with E-state index in [1.807, 2.05) is 12.3 Å². The first-order valence-corrected chi connectivity index (χ1v) is 11.5. The summed E-state index contributed by atoms with van der Waals surface area (Å²) in [4.78, 5) is 13.4. The number of benzene rings is 2. The van der Waals surface area contributed by atoms with Gasteiger partial charge in [0, 0.05) is 0 Å². The highest BCUT2D eigenvalue weighted by Gasteiger charge is 2.23. The van der Waals surface area contributed by atoms with Crippen LogP contribution in [0, 0.1) is 6.92 Å². The Hall–Kier alpha value is -3.16. The van der Waals surface area contributed by atoms with Crippen LogP contribution in [-0.4, -0.2) is 25.2 Å². The maximum Gasteiger partial charge on any atom is 0.343 e. The third-order valence-corrected chi connectivity index (χ3v) is 6.80. The summed E-state index contributed by atoms with van der Waals surface area (Å²) in [6, 6.07) is 18.7. The van der Waals surface area contributed by atoms with Crippen molar-refractivity contribution in [3.8, 4) is 0 Å². The Bertz CT molecular complexity index is 1130. The summed E-state index contributed by atoms with van der Waals surface area (Å²) in [6.07, 6.45) is 2.82. The molecule has 3 rings (SSSR count). The van der Waals surface area contributed by atoms with Crippen LogP contribution < -0.4 is 0 Å². The number of carbonyl (C=O) groups excluding carboxylic acids is 1. The van der Waals surface area contributed by atoms with E-state index < -0.39 is 16.0 Å². The van der Waals surface area contributed by atoms with Crippen LogP contribution in [0.15, 0.2) is 95.9 Å². The highest BCUT2D eigenvalue weighted by atomic mass is 32.2. The molecule has 30 heavy (non-hydrogen) atoms. The van der Waals surface area contributed by atoms with E-state index in [0.717, 1.165) is 9.87 Å². The van der Waals surface area contributed by atoms with Crippen LogP contribution in [0.4, 0.5) is 0 Å². The van der Waals surface area contributed by atoms with Gasteiger partial charge in [0.05, 0.1) is 28.1 Å². The van der Waals surface area contributed by atoms with E-state index in [0.29, 0.717) is 10.4 Å². The zero-order valence-corrected chi connectivity index (χ0v) is 18.0. The van der Waals surface area contributed by atoms with E-state index in [2.05, 4.69) is 6.58 Å². The van der Waals surface area contributed by atoms with Gasteiger partial charge in [0.2, 0.25) is 0 Å². The molecule has 0 aliphatic heterocycles. The zero-order chi connectivity index (χ0) is 21.6. The fraction of sp³-hybridized carbons (Fsp3) is 0.0870. The Morgan fingerprint density at radius 2 is 1.77 bits per heavy atom. The van der Waals surface area contributed by atoms with Crippen LogP contribution in [-0.2, 0) is 14.8 Å². The minimum atomic E-state index is -3.87. The minimum Gasteiger partial charge on any atom is -0.420 e. The van der Waals surface area contributed by atoms with Gasteiger partial charge in [-0.05, 0) is 42.6 Å². The molecule has 0 fully saturated rings. The Balaban J connectivity index is 2.01. The number of nitrogens with zero attached hydrogens (tertiary/aromatic N) is 1. The summed E-state index contributed by atoms with van der Waals surface area (Å²) in [5.41, 5.74) is 1.33. The van der Waals surface area contributed by atoms with E-state index in [-0.39, 0.29) is 17.2 Å². The maximum atomic E-state index is 13.2. The van der Waals surface area contributed by atoms with E-state index in [1.165, 1.54) is 23.6 Å². The minimum absolute atomic E-state index is 0.0218. The van der Waals surface area contributed by atoms with Gasteiger partial charge >= 0.3 is 5.97 Å². The van der Waals surface area contributed by atoms with Gasteiger partial charge in [0.1, 0.15) is 0 Å². The molecule has 7 heteroatoms. The lowest BCUT2D eigenvalue weighted by Gasteiger charge is -2.20. The van der Waals surface area contributed by atoms with Gasteiger partial charge in [-0.3, -0.25) is 4.31 Å². The predicted molar refractivity (Wildman–Crippen MR) is 119 cm³/mol. The normalized spacial score (nSPS) is 11.7. The van der Waals surface area contributed by atoms with Crippen LogP contribution in [0.1, 0.15) is 20.8 Å². The smallest absolute Gasteiger partial charge is 0.343 e. The number of rotatable bonds is 8. The molecular formula is C23H21NO4S2. The van der Waals surface area contributed by atoms with Crippen molar-refractivity contribution in [2.45, 2.75) is 11.8 Å². The summed E-state index contributed by atoms with van der Waals surface area (Å²) in [6.45, 7) is 5.57. The molecule has 0 bridgehead atoms. The van der Waals surface area contributed by atoms with Crippen LogP contribution >= 0.6 is 11.3 Å². The zero-order valence-electron chi connectivity index (χ0n) is 16.4. The number of thiophene rings is 1. The highest BCUT2D eigenvalue weighted by Crippen LogP contribution is 2.26. The van der Waals surface area contributed by atoms with Gasteiger partial charge in [-0.2, -0.15) is 0 Å². The lowest BCUT2D eigenvalue weighted by atomic mass is 10.2. The molecule has 154 valence electrons. The molecule has 0 amide bonds. The molecule has 0 aliphatic carbocycles. The molecule has 0 saturated heterocycles. The number of hydrogen-bond acceptors (Lipinski definition) is 5. The Morgan fingerprint density at radius 1 is 1.07 bits per heavy atom.